The summed E-state index contributed by atoms with van der Waals surface area (Å²) in [4.78, 5) is 4.62. The van der Waals surface area contributed by atoms with E-state index in [-0.39, 0.29) is 5.41 Å². The third kappa shape index (κ3) is 3.10. The van der Waals surface area contributed by atoms with Crippen molar-refractivity contribution in [2.45, 2.75) is 39.5 Å². The van der Waals surface area contributed by atoms with Crippen LogP contribution in [0.4, 0.5) is 0 Å². The van der Waals surface area contributed by atoms with Crippen LogP contribution in [0.25, 0.3) is 22.8 Å². The Morgan fingerprint density at radius 2 is 1.65 bits per heavy atom. The SMILES string of the molecule is Cc1ccc(C2=Cc3c(cccc3-c3ccc(C(C)(C)C)cc3)C2)nc1. The fourth-order valence-corrected chi connectivity index (χ4v) is 3.59. The first kappa shape index (κ1) is 16.8. The van der Waals surface area contributed by atoms with E-state index >= 15 is 0 Å². The van der Waals surface area contributed by atoms with Crippen molar-refractivity contribution in [3.05, 3.63) is 88.7 Å². The molecule has 1 nitrogen and oxygen atoms in total. The van der Waals surface area contributed by atoms with Gasteiger partial charge in [0.05, 0.1) is 5.69 Å². The first-order valence-corrected chi connectivity index (χ1v) is 9.28. The zero-order chi connectivity index (χ0) is 18.3. The van der Waals surface area contributed by atoms with Gasteiger partial charge in [-0.05, 0) is 63.4 Å². The first-order valence-electron chi connectivity index (χ1n) is 9.28. The van der Waals surface area contributed by atoms with Gasteiger partial charge < -0.3 is 0 Å². The Hall–Kier alpha value is -2.67. The Balaban J connectivity index is 1.73. The molecule has 0 atom stereocenters. The number of aromatic nitrogens is 1. The molecule has 2 aromatic carbocycles. The summed E-state index contributed by atoms with van der Waals surface area (Å²) in [5.41, 5.74) is 10.5. The number of hydrogen-bond acceptors (Lipinski definition) is 1. The monoisotopic (exact) mass is 339 g/mol. The summed E-state index contributed by atoms with van der Waals surface area (Å²) < 4.78 is 0. The van der Waals surface area contributed by atoms with Gasteiger partial charge in [0.15, 0.2) is 0 Å². The van der Waals surface area contributed by atoms with Gasteiger partial charge in [0.2, 0.25) is 0 Å². The Morgan fingerprint density at radius 3 is 2.31 bits per heavy atom. The summed E-state index contributed by atoms with van der Waals surface area (Å²) in [6.07, 6.45) is 5.23. The topological polar surface area (TPSA) is 12.9 Å². The number of hydrogen-bond donors (Lipinski definition) is 0. The van der Waals surface area contributed by atoms with Crippen molar-refractivity contribution in [2.75, 3.05) is 0 Å². The molecule has 0 saturated carbocycles. The molecule has 0 bridgehead atoms. The van der Waals surface area contributed by atoms with Crippen LogP contribution in [0.5, 0.6) is 0 Å². The normalized spacial score (nSPS) is 13.5. The van der Waals surface area contributed by atoms with Gasteiger partial charge in [-0.2, -0.15) is 0 Å². The van der Waals surface area contributed by atoms with Crippen molar-refractivity contribution >= 4 is 11.6 Å². The highest BCUT2D eigenvalue weighted by Crippen LogP contribution is 2.37. The molecular formula is C25H25N. The van der Waals surface area contributed by atoms with Gasteiger partial charge in [-0.3, -0.25) is 4.98 Å². The molecule has 0 saturated heterocycles. The molecular weight excluding hydrogens is 314 g/mol. The highest BCUT2D eigenvalue weighted by atomic mass is 14.7. The molecule has 1 heteroatoms. The maximum atomic E-state index is 4.62. The van der Waals surface area contributed by atoms with Gasteiger partial charge in [-0.25, -0.2) is 0 Å². The van der Waals surface area contributed by atoms with Gasteiger partial charge in [0, 0.05) is 12.6 Å². The first-order chi connectivity index (χ1) is 12.4. The van der Waals surface area contributed by atoms with E-state index in [4.69, 9.17) is 0 Å². The molecule has 1 heterocycles. The molecule has 0 fully saturated rings. The van der Waals surface area contributed by atoms with E-state index in [0.717, 1.165) is 12.1 Å². The second-order valence-corrected chi connectivity index (χ2v) is 8.27. The molecule has 0 aliphatic heterocycles. The van der Waals surface area contributed by atoms with Crippen LogP contribution in [0.2, 0.25) is 0 Å². The zero-order valence-electron chi connectivity index (χ0n) is 16.0. The second kappa shape index (κ2) is 6.25. The molecule has 1 aromatic heterocycles. The predicted molar refractivity (Wildman–Crippen MR) is 111 cm³/mol. The molecule has 0 spiro atoms. The summed E-state index contributed by atoms with van der Waals surface area (Å²) in [6, 6.07) is 19.9. The fraction of sp³-hybridized carbons (Fsp3) is 0.240. The van der Waals surface area contributed by atoms with Crippen LogP contribution in [0.1, 0.15) is 48.7 Å². The Bertz CT molecular complexity index is 968. The highest BCUT2D eigenvalue weighted by Gasteiger charge is 2.19. The third-order valence-corrected chi connectivity index (χ3v) is 5.20. The van der Waals surface area contributed by atoms with Crippen LogP contribution in [-0.4, -0.2) is 4.98 Å². The predicted octanol–water partition coefficient (Wildman–Crippen LogP) is 6.45. The number of allylic oxidation sites excluding steroid dienone is 1. The number of benzene rings is 2. The summed E-state index contributed by atoms with van der Waals surface area (Å²) >= 11 is 0. The molecule has 0 amide bonds. The van der Waals surface area contributed by atoms with Crippen molar-refractivity contribution in [1.82, 2.24) is 4.98 Å². The van der Waals surface area contributed by atoms with E-state index in [1.165, 1.54) is 39.0 Å². The maximum absolute atomic E-state index is 4.62. The molecule has 1 aliphatic carbocycles. The minimum absolute atomic E-state index is 0.182. The number of rotatable bonds is 2. The number of nitrogens with zero attached hydrogens (tertiary/aromatic N) is 1. The molecule has 130 valence electrons. The van der Waals surface area contributed by atoms with Gasteiger partial charge in [-0.15, -0.1) is 0 Å². The minimum Gasteiger partial charge on any atom is -0.256 e. The molecule has 3 aromatic rings. The third-order valence-electron chi connectivity index (χ3n) is 5.20. The quantitative estimate of drug-likeness (QED) is 0.523. The summed E-state index contributed by atoms with van der Waals surface area (Å²) in [5.74, 6) is 0. The van der Waals surface area contributed by atoms with Crippen molar-refractivity contribution in [3.63, 3.8) is 0 Å². The zero-order valence-corrected chi connectivity index (χ0v) is 16.0. The van der Waals surface area contributed by atoms with E-state index in [0.29, 0.717) is 0 Å². The van der Waals surface area contributed by atoms with Gasteiger partial charge >= 0.3 is 0 Å². The van der Waals surface area contributed by atoms with Gasteiger partial charge in [0.1, 0.15) is 0 Å². The number of fused-ring (bicyclic) bond motifs is 1. The van der Waals surface area contributed by atoms with Crippen LogP contribution < -0.4 is 0 Å². The lowest BCUT2D eigenvalue weighted by molar-refractivity contribution is 0.590. The highest BCUT2D eigenvalue weighted by molar-refractivity contribution is 5.93. The fourth-order valence-electron chi connectivity index (χ4n) is 3.59. The molecule has 0 unspecified atom stereocenters. The number of pyridine rings is 1. The van der Waals surface area contributed by atoms with Crippen LogP contribution in [-0.2, 0) is 11.8 Å². The van der Waals surface area contributed by atoms with Crippen LogP contribution in [0.3, 0.4) is 0 Å². The molecule has 4 rings (SSSR count). The average Bonchev–Trinajstić information content (AvgIpc) is 3.06. The molecule has 0 radical (unpaired) electrons. The van der Waals surface area contributed by atoms with Crippen LogP contribution in [0.15, 0.2) is 60.8 Å². The lowest BCUT2D eigenvalue weighted by Crippen LogP contribution is -2.10. The minimum atomic E-state index is 0.182. The smallest absolute Gasteiger partial charge is 0.0665 e. The van der Waals surface area contributed by atoms with E-state index in [9.17, 15) is 0 Å². The summed E-state index contributed by atoms with van der Waals surface area (Å²) in [7, 11) is 0. The lowest BCUT2D eigenvalue weighted by atomic mass is 9.86. The van der Waals surface area contributed by atoms with Gasteiger partial charge in [0.25, 0.3) is 0 Å². The van der Waals surface area contributed by atoms with Crippen molar-refractivity contribution in [3.8, 4) is 11.1 Å². The van der Waals surface area contributed by atoms with E-state index in [1.54, 1.807) is 0 Å². The molecule has 0 N–H and O–H groups in total. The molecule has 26 heavy (non-hydrogen) atoms. The van der Waals surface area contributed by atoms with Crippen molar-refractivity contribution in [2.24, 2.45) is 0 Å². The number of aryl methyl sites for hydroxylation is 1. The summed E-state index contributed by atoms with van der Waals surface area (Å²) in [6.45, 7) is 8.84. The van der Waals surface area contributed by atoms with E-state index in [2.05, 4.69) is 93.4 Å². The maximum Gasteiger partial charge on any atom is 0.0665 e. The largest absolute Gasteiger partial charge is 0.256 e. The second-order valence-electron chi connectivity index (χ2n) is 8.27. The lowest BCUT2D eigenvalue weighted by Gasteiger charge is -2.19. The Kier molecular flexibility index (Phi) is 4.03. The standard InChI is InChI=1S/C25H25N/c1-17-8-13-24(26-16-17)20-14-19-6-5-7-22(23(19)15-20)18-9-11-21(12-10-18)25(2,3)4/h5-13,15-16H,14H2,1-4H3. The van der Waals surface area contributed by atoms with Crippen molar-refractivity contribution in [1.29, 1.82) is 0 Å². The average molecular weight is 339 g/mol. The molecule has 1 aliphatic rings. The van der Waals surface area contributed by atoms with E-state index < -0.39 is 0 Å². The van der Waals surface area contributed by atoms with E-state index in [1.807, 2.05) is 6.20 Å². The van der Waals surface area contributed by atoms with Crippen LogP contribution >= 0.6 is 0 Å². The summed E-state index contributed by atoms with van der Waals surface area (Å²) in [5, 5.41) is 0. The Labute approximate surface area is 156 Å². The van der Waals surface area contributed by atoms with Crippen LogP contribution in [0, 0.1) is 6.92 Å². The van der Waals surface area contributed by atoms with Gasteiger partial charge in [-0.1, -0.05) is 69.3 Å². The Morgan fingerprint density at radius 1 is 0.885 bits per heavy atom. The van der Waals surface area contributed by atoms with Crippen molar-refractivity contribution < 1.29 is 0 Å².